The summed E-state index contributed by atoms with van der Waals surface area (Å²) in [5.74, 6) is 0.161. The Morgan fingerprint density at radius 1 is 1.57 bits per heavy atom. The lowest BCUT2D eigenvalue weighted by molar-refractivity contribution is -0.222. The molecule has 2 heterocycles. The molecule has 6 nitrogen and oxygen atoms in total. The van der Waals surface area contributed by atoms with E-state index in [1.807, 2.05) is 13.8 Å². The van der Waals surface area contributed by atoms with Gasteiger partial charge in [0.25, 0.3) is 0 Å². The molecule has 2 aliphatic rings. The van der Waals surface area contributed by atoms with Crippen LogP contribution in [0.15, 0.2) is 12.3 Å². The van der Waals surface area contributed by atoms with Gasteiger partial charge in [0.2, 0.25) is 11.2 Å². The van der Waals surface area contributed by atoms with Crippen LogP contribution in [0, 0.1) is 11.3 Å². The van der Waals surface area contributed by atoms with Crippen molar-refractivity contribution in [2.45, 2.75) is 38.3 Å². The zero-order chi connectivity index (χ0) is 15.3. The number of anilines is 1. The lowest BCUT2D eigenvalue weighted by Gasteiger charge is -2.65. The van der Waals surface area contributed by atoms with Crippen LogP contribution in [0.2, 0.25) is 5.28 Å². The van der Waals surface area contributed by atoms with Gasteiger partial charge in [-0.05, 0) is 30.5 Å². The van der Waals surface area contributed by atoms with Crippen LogP contribution < -0.4 is 11.1 Å². The Balaban J connectivity index is 1.83. The summed E-state index contributed by atoms with van der Waals surface area (Å²) in [4.78, 5) is 20.5. The van der Waals surface area contributed by atoms with Gasteiger partial charge in [-0.2, -0.15) is 0 Å². The molecule has 21 heavy (non-hydrogen) atoms. The molecule has 2 fully saturated rings. The molecule has 1 aromatic rings. The van der Waals surface area contributed by atoms with Crippen LogP contribution in [0.3, 0.4) is 0 Å². The van der Waals surface area contributed by atoms with Gasteiger partial charge in [-0.3, -0.25) is 4.79 Å². The first-order valence-electron chi connectivity index (χ1n) is 7.08. The first-order valence-corrected chi connectivity index (χ1v) is 7.45. The summed E-state index contributed by atoms with van der Waals surface area (Å²) in [5.41, 5.74) is 5.12. The third-order valence-corrected chi connectivity index (χ3v) is 5.11. The van der Waals surface area contributed by atoms with Crippen molar-refractivity contribution in [2.75, 3.05) is 11.9 Å². The number of hydrogen-bond donors (Lipinski definition) is 2. The van der Waals surface area contributed by atoms with Crippen LogP contribution in [0.25, 0.3) is 0 Å². The number of fused-ring (bicyclic) bond motifs is 1. The summed E-state index contributed by atoms with van der Waals surface area (Å²) in [5, 5.41) is 2.85. The van der Waals surface area contributed by atoms with Crippen molar-refractivity contribution < 1.29 is 9.53 Å². The Kier molecular flexibility index (Phi) is 3.43. The maximum absolute atomic E-state index is 12.7. The Bertz CT molecular complexity index is 580. The Labute approximate surface area is 128 Å². The molecular formula is C14H19ClN4O2. The molecule has 3 unspecified atom stereocenters. The van der Waals surface area contributed by atoms with Crippen molar-refractivity contribution in [3.63, 3.8) is 0 Å². The molecule has 3 N–H and O–H groups in total. The third-order valence-electron chi connectivity index (χ3n) is 4.93. The fourth-order valence-electron chi connectivity index (χ4n) is 3.66. The summed E-state index contributed by atoms with van der Waals surface area (Å²) >= 11 is 5.73. The maximum Gasteiger partial charge on any atom is 0.246 e. The number of rotatable bonds is 2. The number of ether oxygens (including phenoxy) is 1. The Hall–Kier alpha value is -1.24. The summed E-state index contributed by atoms with van der Waals surface area (Å²) in [6.45, 7) is 4.70. The average Bonchev–Trinajstić information content (AvgIpc) is 2.46. The largest absolute Gasteiger partial charge is 0.377 e. The first-order chi connectivity index (χ1) is 9.87. The van der Waals surface area contributed by atoms with E-state index >= 15 is 0 Å². The van der Waals surface area contributed by atoms with E-state index in [4.69, 9.17) is 22.1 Å². The molecule has 1 aromatic heterocycles. The van der Waals surface area contributed by atoms with Crippen LogP contribution in [0.1, 0.15) is 26.7 Å². The zero-order valence-corrected chi connectivity index (χ0v) is 12.9. The number of amides is 1. The molecule has 1 aliphatic carbocycles. The molecule has 1 amide bonds. The highest BCUT2D eigenvalue weighted by Crippen LogP contribution is 2.57. The average molecular weight is 311 g/mol. The van der Waals surface area contributed by atoms with Crippen molar-refractivity contribution in [3.05, 3.63) is 17.5 Å². The van der Waals surface area contributed by atoms with Gasteiger partial charge >= 0.3 is 0 Å². The fraction of sp³-hybridized carbons (Fsp3) is 0.643. The minimum Gasteiger partial charge on any atom is -0.377 e. The SMILES string of the molecule is CC1(C)C2OCCCC2C1(N)C(=O)Nc1ccnc(Cl)n1. The van der Waals surface area contributed by atoms with Gasteiger partial charge in [0, 0.05) is 24.1 Å². The van der Waals surface area contributed by atoms with Crippen molar-refractivity contribution in [3.8, 4) is 0 Å². The van der Waals surface area contributed by atoms with Crippen LogP contribution in [-0.4, -0.2) is 34.1 Å². The highest BCUT2D eigenvalue weighted by Gasteiger charge is 2.70. The smallest absolute Gasteiger partial charge is 0.246 e. The highest BCUT2D eigenvalue weighted by molar-refractivity contribution is 6.28. The predicted molar refractivity (Wildman–Crippen MR) is 78.8 cm³/mol. The van der Waals surface area contributed by atoms with E-state index in [1.165, 1.54) is 6.20 Å². The predicted octanol–water partition coefficient (Wildman–Crippen LogP) is 1.60. The number of nitrogens with zero attached hydrogens (tertiary/aromatic N) is 2. The molecule has 1 saturated heterocycles. The van der Waals surface area contributed by atoms with Gasteiger partial charge in [0.05, 0.1) is 6.10 Å². The van der Waals surface area contributed by atoms with Crippen LogP contribution in [0.4, 0.5) is 5.82 Å². The first kappa shape index (κ1) is 14.7. The van der Waals surface area contributed by atoms with E-state index in [9.17, 15) is 4.79 Å². The highest BCUT2D eigenvalue weighted by atomic mass is 35.5. The standard InChI is InChI=1S/C14H19ClN4O2/c1-13(2)10-8(4-3-7-21-10)14(13,16)11(20)18-9-5-6-17-12(15)19-9/h5-6,8,10H,3-4,7,16H2,1-2H3,(H,17,18,19,20). The Morgan fingerprint density at radius 3 is 3.05 bits per heavy atom. The van der Waals surface area contributed by atoms with Crippen molar-refractivity contribution >= 4 is 23.3 Å². The molecule has 0 aromatic carbocycles. The second kappa shape index (κ2) is 4.90. The van der Waals surface area contributed by atoms with Gasteiger partial charge in [-0.15, -0.1) is 0 Å². The fourth-order valence-corrected chi connectivity index (χ4v) is 3.81. The maximum atomic E-state index is 12.7. The van der Waals surface area contributed by atoms with Crippen molar-refractivity contribution in [1.82, 2.24) is 9.97 Å². The second-order valence-electron chi connectivity index (χ2n) is 6.30. The van der Waals surface area contributed by atoms with Crippen molar-refractivity contribution in [2.24, 2.45) is 17.1 Å². The summed E-state index contributed by atoms with van der Waals surface area (Å²) in [6.07, 6.45) is 3.37. The van der Waals surface area contributed by atoms with E-state index in [0.717, 1.165) is 19.4 Å². The topological polar surface area (TPSA) is 90.1 Å². The summed E-state index contributed by atoms with van der Waals surface area (Å²) in [7, 11) is 0. The lowest BCUT2D eigenvalue weighted by Crippen LogP contribution is -2.81. The number of hydrogen-bond acceptors (Lipinski definition) is 5. The molecular weight excluding hydrogens is 292 g/mol. The monoisotopic (exact) mass is 310 g/mol. The molecule has 0 spiro atoms. The minimum absolute atomic E-state index is 0.0380. The summed E-state index contributed by atoms with van der Waals surface area (Å²) in [6, 6.07) is 1.59. The van der Waals surface area contributed by atoms with E-state index in [1.54, 1.807) is 6.07 Å². The van der Waals surface area contributed by atoms with Crippen LogP contribution in [0.5, 0.6) is 0 Å². The molecule has 114 valence electrons. The molecule has 0 bridgehead atoms. The van der Waals surface area contributed by atoms with Crippen molar-refractivity contribution in [1.29, 1.82) is 0 Å². The van der Waals surface area contributed by atoms with Gasteiger partial charge in [-0.25, -0.2) is 9.97 Å². The number of aromatic nitrogens is 2. The lowest BCUT2D eigenvalue weighted by atomic mass is 9.46. The van der Waals surface area contributed by atoms with E-state index in [-0.39, 0.29) is 23.2 Å². The molecule has 1 aliphatic heterocycles. The van der Waals surface area contributed by atoms with E-state index in [0.29, 0.717) is 5.82 Å². The number of halogens is 1. The van der Waals surface area contributed by atoms with E-state index in [2.05, 4.69) is 15.3 Å². The van der Waals surface area contributed by atoms with Crippen LogP contribution >= 0.6 is 11.6 Å². The number of nitrogens with one attached hydrogen (secondary N) is 1. The normalized spacial score (nSPS) is 33.7. The van der Waals surface area contributed by atoms with Gasteiger partial charge in [0.15, 0.2) is 0 Å². The zero-order valence-electron chi connectivity index (χ0n) is 12.1. The van der Waals surface area contributed by atoms with Gasteiger partial charge in [-0.1, -0.05) is 13.8 Å². The second-order valence-corrected chi connectivity index (χ2v) is 6.63. The molecule has 7 heteroatoms. The molecule has 1 saturated carbocycles. The Morgan fingerprint density at radius 2 is 2.33 bits per heavy atom. The number of nitrogens with two attached hydrogens (primary N) is 1. The van der Waals surface area contributed by atoms with Crippen LogP contribution in [-0.2, 0) is 9.53 Å². The van der Waals surface area contributed by atoms with Gasteiger partial charge in [0.1, 0.15) is 11.4 Å². The molecule has 3 rings (SSSR count). The summed E-state index contributed by atoms with van der Waals surface area (Å²) < 4.78 is 5.80. The van der Waals surface area contributed by atoms with E-state index < -0.39 is 11.0 Å². The molecule has 0 radical (unpaired) electrons. The molecule has 3 atom stereocenters. The number of carbonyl (C=O) groups is 1. The third kappa shape index (κ3) is 2.05. The number of carbonyl (C=O) groups excluding carboxylic acids is 1. The quantitative estimate of drug-likeness (QED) is 0.810. The van der Waals surface area contributed by atoms with Gasteiger partial charge < -0.3 is 15.8 Å². The minimum atomic E-state index is -0.963.